The van der Waals surface area contributed by atoms with E-state index in [1.807, 2.05) is 0 Å². The molecule has 3 aliphatic carbocycles. The van der Waals surface area contributed by atoms with E-state index >= 15 is 0 Å². The minimum Gasteiger partial charge on any atom is -0.351 e. The van der Waals surface area contributed by atoms with Crippen LogP contribution in [0, 0.1) is 11.8 Å². The lowest BCUT2D eigenvalue weighted by molar-refractivity contribution is -0.141. The number of rotatable bonds is 3. The maximum atomic E-state index is 13.0. The molecule has 0 aromatic heterocycles. The molecule has 2 amide bonds. The average Bonchev–Trinajstić information content (AvgIpc) is 3.46. The molecular weight excluding hydrogens is 336 g/mol. The minimum atomic E-state index is -0.0491. The van der Waals surface area contributed by atoms with E-state index < -0.39 is 0 Å². The molecule has 1 aromatic rings. The van der Waals surface area contributed by atoms with Crippen LogP contribution in [0.15, 0.2) is 24.3 Å². The number of hydrogen-bond acceptors (Lipinski definition) is 2. The molecule has 0 unspecified atom stereocenters. The first-order valence-electron chi connectivity index (χ1n) is 10.6. The Bertz CT molecular complexity index is 834. The summed E-state index contributed by atoms with van der Waals surface area (Å²) in [6, 6.07) is 9.32. The highest BCUT2D eigenvalue weighted by Crippen LogP contribution is 2.60. The Morgan fingerprint density at radius 1 is 1.07 bits per heavy atom. The summed E-state index contributed by atoms with van der Waals surface area (Å²) in [6.07, 6.45) is 7.09. The van der Waals surface area contributed by atoms with Gasteiger partial charge < -0.3 is 10.2 Å². The number of amides is 2. The van der Waals surface area contributed by atoms with Gasteiger partial charge in [-0.15, -0.1) is 0 Å². The van der Waals surface area contributed by atoms with E-state index in [1.165, 1.54) is 30.4 Å². The lowest BCUT2D eigenvalue weighted by Crippen LogP contribution is -2.56. The normalized spacial score (nSPS) is 40.5. The predicted molar refractivity (Wildman–Crippen MR) is 102 cm³/mol. The molecule has 2 saturated heterocycles. The molecule has 6 rings (SSSR count). The average molecular weight is 364 g/mol. The van der Waals surface area contributed by atoms with Crippen LogP contribution in [0.2, 0.25) is 0 Å². The minimum absolute atomic E-state index is 0.0491. The fourth-order valence-corrected chi connectivity index (χ4v) is 6.17. The van der Waals surface area contributed by atoms with Gasteiger partial charge >= 0.3 is 0 Å². The van der Waals surface area contributed by atoms with Gasteiger partial charge in [-0.3, -0.25) is 9.59 Å². The largest absolute Gasteiger partial charge is 0.351 e. The third-order valence-corrected chi connectivity index (χ3v) is 8.47. The first kappa shape index (κ1) is 16.1. The van der Waals surface area contributed by atoms with Crippen LogP contribution in [-0.4, -0.2) is 35.3 Å². The summed E-state index contributed by atoms with van der Waals surface area (Å²) in [5.41, 5.74) is 3.51. The summed E-state index contributed by atoms with van der Waals surface area (Å²) in [7, 11) is 0. The summed E-state index contributed by atoms with van der Waals surface area (Å²) in [5, 5.41) is 3.11. The molecule has 2 heterocycles. The molecule has 142 valence electrons. The second-order valence-corrected chi connectivity index (χ2v) is 10.3. The van der Waals surface area contributed by atoms with Gasteiger partial charge in [0, 0.05) is 36.4 Å². The van der Waals surface area contributed by atoms with E-state index in [4.69, 9.17) is 0 Å². The van der Waals surface area contributed by atoms with Gasteiger partial charge in [-0.2, -0.15) is 0 Å². The Balaban J connectivity index is 1.13. The monoisotopic (exact) mass is 364 g/mol. The quantitative estimate of drug-likeness (QED) is 0.897. The van der Waals surface area contributed by atoms with Crippen LogP contribution in [0.5, 0.6) is 0 Å². The van der Waals surface area contributed by atoms with Gasteiger partial charge in [-0.05, 0) is 61.0 Å². The number of nitrogens with one attached hydrogen (secondary N) is 1. The van der Waals surface area contributed by atoms with Crippen molar-refractivity contribution in [1.29, 1.82) is 0 Å². The van der Waals surface area contributed by atoms with Gasteiger partial charge in [0.05, 0.1) is 0 Å². The molecular formula is C23H28N2O2. The van der Waals surface area contributed by atoms with Crippen molar-refractivity contribution in [2.24, 2.45) is 11.8 Å². The SMILES string of the molecule is CC1(c2ccc([C@]34C[C@H]3CN(C(=O)C3CC5(CCC(=O)N5)C3)C4)cc2)CC1. The highest BCUT2D eigenvalue weighted by molar-refractivity contribution is 5.84. The Hall–Kier alpha value is -1.84. The van der Waals surface area contributed by atoms with Crippen molar-refractivity contribution >= 4 is 11.8 Å². The van der Waals surface area contributed by atoms with E-state index in [0.29, 0.717) is 23.7 Å². The number of piperidine rings is 1. The second kappa shape index (κ2) is 4.95. The van der Waals surface area contributed by atoms with Crippen LogP contribution in [-0.2, 0) is 20.4 Å². The molecule has 4 nitrogen and oxygen atoms in total. The van der Waals surface area contributed by atoms with Crippen LogP contribution in [0.25, 0.3) is 0 Å². The molecule has 27 heavy (non-hydrogen) atoms. The fourth-order valence-electron chi connectivity index (χ4n) is 6.17. The Morgan fingerprint density at radius 2 is 1.78 bits per heavy atom. The van der Waals surface area contributed by atoms with Crippen LogP contribution in [0.3, 0.4) is 0 Å². The molecule has 1 spiro atoms. The molecule has 5 aliphatic rings. The number of likely N-dealkylation sites (tertiary alicyclic amines) is 1. The van der Waals surface area contributed by atoms with Gasteiger partial charge in [0.25, 0.3) is 0 Å². The zero-order chi connectivity index (χ0) is 18.4. The lowest BCUT2D eigenvalue weighted by Gasteiger charge is -2.45. The topological polar surface area (TPSA) is 49.4 Å². The van der Waals surface area contributed by atoms with Crippen molar-refractivity contribution in [3.8, 4) is 0 Å². The standard InChI is InChI=1S/C23H28N2O2/c1-21(8-9-21)16-2-4-17(5-3-16)23-12-18(23)13-25(14-23)20(27)15-10-22(11-15)7-6-19(26)24-22/h2-5,15,18H,6-14H2,1H3,(H,24,26)/t15?,18-,22?,23+/m0/s1. The second-order valence-electron chi connectivity index (χ2n) is 10.3. The molecule has 0 radical (unpaired) electrons. The number of hydrogen-bond donors (Lipinski definition) is 1. The van der Waals surface area contributed by atoms with Gasteiger partial charge in [0.15, 0.2) is 0 Å². The Morgan fingerprint density at radius 3 is 2.41 bits per heavy atom. The van der Waals surface area contributed by atoms with Crippen molar-refractivity contribution in [2.75, 3.05) is 13.1 Å². The van der Waals surface area contributed by atoms with Gasteiger partial charge in [-0.1, -0.05) is 31.2 Å². The van der Waals surface area contributed by atoms with Crippen molar-refractivity contribution in [2.45, 2.75) is 68.2 Å². The zero-order valence-corrected chi connectivity index (χ0v) is 16.1. The van der Waals surface area contributed by atoms with Gasteiger partial charge in [-0.25, -0.2) is 0 Å². The maximum Gasteiger partial charge on any atom is 0.225 e. The molecule has 1 N–H and O–H groups in total. The van der Waals surface area contributed by atoms with E-state index in [1.54, 1.807) is 0 Å². The zero-order valence-electron chi connectivity index (χ0n) is 16.1. The molecule has 0 bridgehead atoms. The van der Waals surface area contributed by atoms with Crippen LogP contribution in [0.4, 0.5) is 0 Å². The Kier molecular flexibility index (Phi) is 2.96. The van der Waals surface area contributed by atoms with Crippen LogP contribution >= 0.6 is 0 Å². The van der Waals surface area contributed by atoms with E-state index in [0.717, 1.165) is 32.4 Å². The van der Waals surface area contributed by atoms with Crippen molar-refractivity contribution in [3.05, 3.63) is 35.4 Å². The van der Waals surface area contributed by atoms with Crippen molar-refractivity contribution in [1.82, 2.24) is 10.2 Å². The summed E-state index contributed by atoms with van der Waals surface area (Å²) in [4.78, 5) is 26.6. The smallest absolute Gasteiger partial charge is 0.225 e. The summed E-state index contributed by atoms with van der Waals surface area (Å²) in [6.45, 7) is 4.17. The van der Waals surface area contributed by atoms with Crippen molar-refractivity contribution in [3.63, 3.8) is 0 Å². The van der Waals surface area contributed by atoms with Crippen LogP contribution < -0.4 is 5.32 Å². The first-order chi connectivity index (χ1) is 12.9. The highest BCUT2D eigenvalue weighted by atomic mass is 16.2. The van der Waals surface area contributed by atoms with E-state index in [2.05, 4.69) is 41.4 Å². The molecule has 2 aliphatic heterocycles. The maximum absolute atomic E-state index is 13.0. The molecule has 3 saturated carbocycles. The van der Waals surface area contributed by atoms with Gasteiger partial charge in [0.2, 0.25) is 11.8 Å². The van der Waals surface area contributed by atoms with E-state index in [-0.39, 0.29) is 22.8 Å². The third kappa shape index (κ3) is 2.28. The third-order valence-electron chi connectivity index (χ3n) is 8.47. The Labute approximate surface area is 160 Å². The highest BCUT2D eigenvalue weighted by Gasteiger charge is 2.63. The van der Waals surface area contributed by atoms with E-state index in [9.17, 15) is 9.59 Å². The summed E-state index contributed by atoms with van der Waals surface area (Å²) in [5.74, 6) is 1.25. The number of carbonyl (C=O) groups is 2. The first-order valence-corrected chi connectivity index (χ1v) is 10.6. The number of fused-ring (bicyclic) bond motifs is 1. The summed E-state index contributed by atoms with van der Waals surface area (Å²) < 4.78 is 0. The predicted octanol–water partition coefficient (Wildman–Crippen LogP) is 2.90. The lowest BCUT2D eigenvalue weighted by atomic mass is 9.67. The van der Waals surface area contributed by atoms with Crippen molar-refractivity contribution < 1.29 is 9.59 Å². The van der Waals surface area contributed by atoms with Gasteiger partial charge in [0.1, 0.15) is 0 Å². The molecule has 2 atom stereocenters. The fraction of sp³-hybridized carbons (Fsp3) is 0.652. The molecule has 5 fully saturated rings. The number of benzene rings is 1. The number of nitrogens with zero attached hydrogens (tertiary/aromatic N) is 1. The number of carbonyl (C=O) groups excluding carboxylic acids is 2. The molecule has 4 heteroatoms. The molecule has 1 aromatic carbocycles. The van der Waals surface area contributed by atoms with Crippen LogP contribution in [0.1, 0.15) is 63.0 Å². The summed E-state index contributed by atoms with van der Waals surface area (Å²) >= 11 is 0.